The molecule has 0 unspecified atom stereocenters. The summed E-state index contributed by atoms with van der Waals surface area (Å²) in [5, 5.41) is 13.7. The van der Waals surface area contributed by atoms with E-state index in [2.05, 4.69) is 5.32 Å². The lowest BCUT2D eigenvalue weighted by Gasteiger charge is -2.26. The van der Waals surface area contributed by atoms with Crippen molar-refractivity contribution in [3.8, 4) is 5.75 Å². The third-order valence-electron chi connectivity index (χ3n) is 5.10. The molecule has 7 heteroatoms. The average Bonchev–Trinajstić information content (AvgIpc) is 3.40. The molecule has 0 bridgehead atoms. The van der Waals surface area contributed by atoms with Crippen molar-refractivity contribution in [2.75, 3.05) is 6.61 Å². The minimum atomic E-state index is -4.41. The second kappa shape index (κ2) is 7.71. The number of rotatable bonds is 7. The Kier molecular flexibility index (Phi) is 5.63. The molecule has 2 aromatic rings. The maximum Gasteiger partial charge on any atom is 0.422 e. The van der Waals surface area contributed by atoms with Crippen molar-refractivity contribution in [3.05, 3.63) is 65.2 Å². The molecule has 0 spiro atoms. The van der Waals surface area contributed by atoms with Crippen LogP contribution in [0.1, 0.15) is 42.9 Å². The molecule has 1 fully saturated rings. The molecule has 0 saturated heterocycles. The van der Waals surface area contributed by atoms with Gasteiger partial charge in [0.1, 0.15) is 5.75 Å². The van der Waals surface area contributed by atoms with Gasteiger partial charge in [-0.25, -0.2) is 0 Å². The van der Waals surface area contributed by atoms with E-state index in [1.165, 1.54) is 12.1 Å². The van der Waals surface area contributed by atoms with Gasteiger partial charge in [0.25, 0.3) is 0 Å². The lowest BCUT2D eigenvalue weighted by Crippen LogP contribution is -2.39. The molecule has 2 N–H and O–H groups in total. The average molecular weight is 407 g/mol. The predicted octanol–water partition coefficient (Wildman–Crippen LogP) is 4.34. The molecule has 4 nitrogen and oxygen atoms in total. The van der Waals surface area contributed by atoms with Gasteiger partial charge >= 0.3 is 6.18 Å². The van der Waals surface area contributed by atoms with Crippen molar-refractivity contribution in [1.29, 1.82) is 0 Å². The Morgan fingerprint density at radius 1 is 1.17 bits per heavy atom. The van der Waals surface area contributed by atoms with E-state index < -0.39 is 23.9 Å². The minimum Gasteiger partial charge on any atom is -0.484 e. The van der Waals surface area contributed by atoms with Crippen LogP contribution in [-0.2, 0) is 15.9 Å². The first-order valence-electron chi connectivity index (χ1n) is 9.40. The van der Waals surface area contributed by atoms with Crippen molar-refractivity contribution >= 4 is 5.91 Å². The normalized spacial score (nSPS) is 17.3. The van der Waals surface area contributed by atoms with E-state index in [9.17, 15) is 23.1 Å². The number of nitrogens with one attached hydrogen (secondary N) is 1. The van der Waals surface area contributed by atoms with Crippen molar-refractivity contribution in [3.63, 3.8) is 0 Å². The van der Waals surface area contributed by atoms with Gasteiger partial charge in [0.15, 0.2) is 6.61 Å². The summed E-state index contributed by atoms with van der Waals surface area (Å²) < 4.78 is 41.9. The summed E-state index contributed by atoms with van der Waals surface area (Å²) in [6, 6.07) is 13.7. The first-order valence-corrected chi connectivity index (χ1v) is 9.40. The lowest BCUT2D eigenvalue weighted by molar-refractivity contribution is -0.153. The number of halogens is 3. The largest absolute Gasteiger partial charge is 0.484 e. The van der Waals surface area contributed by atoms with Crippen molar-refractivity contribution < 1.29 is 27.8 Å². The number of carbonyl (C=O) groups is 1. The molecule has 1 aliphatic carbocycles. The molecule has 1 aliphatic rings. The summed E-state index contributed by atoms with van der Waals surface area (Å²) in [6.07, 6.45) is -3.19. The third kappa shape index (κ3) is 5.50. The van der Waals surface area contributed by atoms with Crippen LogP contribution in [0.15, 0.2) is 48.5 Å². The molecule has 1 amide bonds. The number of ether oxygens (including phenoxy) is 1. The predicted molar refractivity (Wildman–Crippen MR) is 102 cm³/mol. The molecule has 3 rings (SSSR count). The SMILES string of the molecule is Cc1ccc([C@](C)(O)CC(=O)NC2(c3cccc(OCC(F)(F)F)c3)CC2)cc1. The maximum atomic E-state index is 12.6. The second-order valence-electron chi connectivity index (χ2n) is 7.88. The molecular weight excluding hydrogens is 383 g/mol. The fourth-order valence-electron chi connectivity index (χ4n) is 3.30. The van der Waals surface area contributed by atoms with Crippen molar-refractivity contribution in [2.24, 2.45) is 0 Å². The van der Waals surface area contributed by atoms with Crippen LogP contribution in [0, 0.1) is 6.92 Å². The molecule has 0 aromatic heterocycles. The highest BCUT2D eigenvalue weighted by molar-refractivity contribution is 5.79. The van der Waals surface area contributed by atoms with Crippen LogP contribution < -0.4 is 10.1 Å². The van der Waals surface area contributed by atoms with Gasteiger partial charge in [0.05, 0.1) is 17.6 Å². The standard InChI is InChI=1S/C22H24F3NO3/c1-15-6-8-16(9-7-15)20(2,28)13-19(27)26-21(10-11-21)17-4-3-5-18(12-17)29-14-22(23,24)25/h3-9,12,28H,10-11,13-14H2,1-2H3,(H,26,27)/t20-/m1/s1. The van der Waals surface area contributed by atoms with Gasteiger partial charge in [-0.1, -0.05) is 42.0 Å². The van der Waals surface area contributed by atoms with Gasteiger partial charge in [-0.2, -0.15) is 13.2 Å². The Morgan fingerprint density at radius 3 is 2.41 bits per heavy atom. The number of alkyl halides is 3. The minimum absolute atomic E-state index is 0.104. The van der Waals surface area contributed by atoms with Crippen LogP contribution >= 0.6 is 0 Å². The van der Waals surface area contributed by atoms with E-state index in [4.69, 9.17) is 4.74 Å². The van der Waals surface area contributed by atoms with Crippen LogP contribution in [0.4, 0.5) is 13.2 Å². The van der Waals surface area contributed by atoms with Gasteiger partial charge in [0, 0.05) is 0 Å². The quantitative estimate of drug-likeness (QED) is 0.718. The van der Waals surface area contributed by atoms with Gasteiger partial charge in [-0.05, 0) is 49.9 Å². The van der Waals surface area contributed by atoms with Crippen LogP contribution in [0.25, 0.3) is 0 Å². The Hall–Kier alpha value is -2.54. The van der Waals surface area contributed by atoms with Crippen LogP contribution in [0.3, 0.4) is 0 Å². The zero-order valence-electron chi connectivity index (χ0n) is 16.3. The highest BCUT2D eigenvalue weighted by atomic mass is 19.4. The smallest absolute Gasteiger partial charge is 0.422 e. The molecule has 156 valence electrons. The fraction of sp³-hybridized carbons (Fsp3) is 0.409. The number of hydrogen-bond acceptors (Lipinski definition) is 3. The molecule has 0 radical (unpaired) electrons. The zero-order valence-corrected chi connectivity index (χ0v) is 16.3. The van der Waals surface area contributed by atoms with Crippen LogP contribution in [0.5, 0.6) is 5.75 Å². The third-order valence-corrected chi connectivity index (χ3v) is 5.10. The summed E-state index contributed by atoms with van der Waals surface area (Å²) in [5.41, 5.74) is 0.438. The topological polar surface area (TPSA) is 58.6 Å². The van der Waals surface area contributed by atoms with E-state index in [1.54, 1.807) is 31.2 Å². The van der Waals surface area contributed by atoms with Gasteiger partial charge in [0.2, 0.25) is 5.91 Å². The molecule has 1 atom stereocenters. The maximum absolute atomic E-state index is 12.6. The van der Waals surface area contributed by atoms with E-state index in [-0.39, 0.29) is 18.1 Å². The number of amides is 1. The second-order valence-corrected chi connectivity index (χ2v) is 7.88. The van der Waals surface area contributed by atoms with Crippen molar-refractivity contribution in [1.82, 2.24) is 5.32 Å². The first kappa shape index (κ1) is 21.2. The summed E-state index contributed by atoms with van der Waals surface area (Å²) in [7, 11) is 0. The number of aliphatic hydroxyl groups is 1. The summed E-state index contributed by atoms with van der Waals surface area (Å²) >= 11 is 0. The van der Waals surface area contributed by atoms with Crippen LogP contribution in [0.2, 0.25) is 0 Å². The monoisotopic (exact) mass is 407 g/mol. The summed E-state index contributed by atoms with van der Waals surface area (Å²) in [4.78, 5) is 12.6. The first-order chi connectivity index (χ1) is 13.5. The van der Waals surface area contributed by atoms with Gasteiger partial charge < -0.3 is 15.2 Å². The van der Waals surface area contributed by atoms with E-state index in [0.717, 1.165) is 5.56 Å². The molecule has 29 heavy (non-hydrogen) atoms. The summed E-state index contributed by atoms with van der Waals surface area (Å²) in [6.45, 7) is 2.16. The van der Waals surface area contributed by atoms with Crippen molar-refractivity contribution in [2.45, 2.75) is 50.4 Å². The molecule has 1 saturated carbocycles. The Morgan fingerprint density at radius 2 is 1.83 bits per heavy atom. The fourth-order valence-corrected chi connectivity index (χ4v) is 3.30. The zero-order chi connectivity index (χ0) is 21.3. The van der Waals surface area contributed by atoms with E-state index in [0.29, 0.717) is 24.0 Å². The number of benzene rings is 2. The number of hydrogen-bond donors (Lipinski definition) is 2. The lowest BCUT2D eigenvalue weighted by atomic mass is 9.91. The highest BCUT2D eigenvalue weighted by Crippen LogP contribution is 2.46. The van der Waals surface area contributed by atoms with Gasteiger partial charge in [-0.3, -0.25) is 4.79 Å². The molecule has 2 aromatic carbocycles. The Bertz CT molecular complexity index is 872. The number of carbonyl (C=O) groups excluding carboxylic acids is 1. The Balaban J connectivity index is 1.66. The van der Waals surface area contributed by atoms with Crippen LogP contribution in [-0.4, -0.2) is 23.8 Å². The van der Waals surface area contributed by atoms with E-state index >= 15 is 0 Å². The number of aryl methyl sites for hydroxylation is 1. The molecule has 0 heterocycles. The Labute approximate surface area is 167 Å². The summed E-state index contributed by atoms with van der Waals surface area (Å²) in [5.74, 6) is -0.221. The van der Waals surface area contributed by atoms with Gasteiger partial charge in [-0.15, -0.1) is 0 Å². The highest BCUT2D eigenvalue weighted by Gasteiger charge is 2.46. The van der Waals surface area contributed by atoms with E-state index in [1.807, 2.05) is 19.1 Å². The molecular formula is C22H24F3NO3. The molecule has 0 aliphatic heterocycles.